The molecule has 1 N–H and O–H groups in total. The predicted octanol–water partition coefficient (Wildman–Crippen LogP) is 4.44. The van der Waals surface area contributed by atoms with Gasteiger partial charge in [-0.15, -0.1) is 0 Å². The smallest absolute Gasteiger partial charge is 0.0254 e. The van der Waals surface area contributed by atoms with Gasteiger partial charge in [-0.1, -0.05) is 34.1 Å². The molecule has 0 amide bonds. The van der Waals surface area contributed by atoms with Crippen LogP contribution >= 0.6 is 0 Å². The van der Waals surface area contributed by atoms with Crippen molar-refractivity contribution < 1.29 is 0 Å². The van der Waals surface area contributed by atoms with E-state index in [9.17, 15) is 0 Å². The van der Waals surface area contributed by atoms with Gasteiger partial charge in [-0.25, -0.2) is 0 Å². The largest absolute Gasteiger partial charge is 0.312 e. The molecule has 21 heavy (non-hydrogen) atoms. The van der Waals surface area contributed by atoms with Crippen LogP contribution in [-0.4, -0.2) is 36.1 Å². The van der Waals surface area contributed by atoms with E-state index in [4.69, 9.17) is 0 Å². The summed E-state index contributed by atoms with van der Waals surface area (Å²) >= 11 is 0. The summed E-state index contributed by atoms with van der Waals surface area (Å²) in [5, 5.41) is 3.87. The maximum atomic E-state index is 3.87. The van der Waals surface area contributed by atoms with Gasteiger partial charge >= 0.3 is 0 Å². The van der Waals surface area contributed by atoms with Crippen molar-refractivity contribution >= 4 is 0 Å². The number of nitrogens with zero attached hydrogens (tertiary/aromatic N) is 1. The zero-order valence-corrected chi connectivity index (χ0v) is 15.1. The lowest BCUT2D eigenvalue weighted by atomic mass is 9.67. The van der Waals surface area contributed by atoms with Gasteiger partial charge in [0.05, 0.1) is 0 Å². The summed E-state index contributed by atoms with van der Waals surface area (Å²) in [6, 6.07) is 2.30. The molecule has 0 spiro atoms. The fourth-order valence-corrected chi connectivity index (χ4v) is 4.53. The van der Waals surface area contributed by atoms with Gasteiger partial charge in [0.25, 0.3) is 0 Å². The summed E-state index contributed by atoms with van der Waals surface area (Å²) in [5.41, 5.74) is 0.511. The van der Waals surface area contributed by atoms with Gasteiger partial charge in [-0.3, -0.25) is 4.90 Å². The van der Waals surface area contributed by atoms with E-state index in [1.54, 1.807) is 0 Å². The Balaban J connectivity index is 2.07. The molecule has 2 heteroatoms. The van der Waals surface area contributed by atoms with Crippen molar-refractivity contribution in [2.24, 2.45) is 11.3 Å². The molecule has 1 aliphatic heterocycles. The average Bonchev–Trinajstić information content (AvgIpc) is 2.91. The second-order valence-electron chi connectivity index (χ2n) is 8.21. The molecule has 0 aromatic heterocycles. The van der Waals surface area contributed by atoms with Gasteiger partial charge in [-0.2, -0.15) is 0 Å². The normalized spacial score (nSPS) is 35.3. The molecule has 1 saturated heterocycles. The van der Waals surface area contributed by atoms with Crippen molar-refractivity contribution in [1.82, 2.24) is 10.2 Å². The molecule has 2 rings (SSSR count). The van der Waals surface area contributed by atoms with Crippen LogP contribution in [0.25, 0.3) is 0 Å². The Morgan fingerprint density at radius 3 is 2.48 bits per heavy atom. The van der Waals surface area contributed by atoms with Gasteiger partial charge in [0.1, 0.15) is 0 Å². The first-order valence-corrected chi connectivity index (χ1v) is 9.48. The van der Waals surface area contributed by atoms with E-state index in [0.29, 0.717) is 5.41 Å². The van der Waals surface area contributed by atoms with Crippen LogP contribution in [0.4, 0.5) is 0 Å². The van der Waals surface area contributed by atoms with E-state index in [0.717, 1.165) is 24.0 Å². The molecular formula is C19H38N2. The molecule has 0 bridgehead atoms. The Morgan fingerprint density at radius 1 is 1.14 bits per heavy atom. The average molecular weight is 295 g/mol. The molecule has 2 aliphatic rings. The Bertz CT molecular complexity index is 313. The van der Waals surface area contributed by atoms with Crippen molar-refractivity contribution in [3.8, 4) is 0 Å². The molecule has 0 aromatic rings. The summed E-state index contributed by atoms with van der Waals surface area (Å²) < 4.78 is 0. The zero-order chi connectivity index (χ0) is 15.5. The van der Waals surface area contributed by atoms with E-state index in [-0.39, 0.29) is 0 Å². The lowest BCUT2D eigenvalue weighted by Crippen LogP contribution is -2.55. The minimum absolute atomic E-state index is 0.511. The number of rotatable bonds is 6. The third kappa shape index (κ3) is 4.01. The molecule has 0 radical (unpaired) electrons. The van der Waals surface area contributed by atoms with Crippen molar-refractivity contribution in [2.45, 2.75) is 97.7 Å². The molecule has 2 fully saturated rings. The lowest BCUT2D eigenvalue weighted by Gasteiger charge is -2.47. The summed E-state index contributed by atoms with van der Waals surface area (Å²) in [5.74, 6) is 0.903. The summed E-state index contributed by atoms with van der Waals surface area (Å²) in [7, 11) is 0. The van der Waals surface area contributed by atoms with Crippen molar-refractivity contribution in [2.75, 3.05) is 13.1 Å². The van der Waals surface area contributed by atoms with Gasteiger partial charge in [0.2, 0.25) is 0 Å². The van der Waals surface area contributed by atoms with Crippen LogP contribution in [-0.2, 0) is 0 Å². The molecule has 4 unspecified atom stereocenters. The van der Waals surface area contributed by atoms with Crippen molar-refractivity contribution in [1.29, 1.82) is 0 Å². The van der Waals surface area contributed by atoms with Crippen LogP contribution in [0.1, 0.15) is 79.6 Å². The van der Waals surface area contributed by atoms with Crippen molar-refractivity contribution in [3.05, 3.63) is 0 Å². The topological polar surface area (TPSA) is 15.3 Å². The van der Waals surface area contributed by atoms with Gasteiger partial charge in [0.15, 0.2) is 0 Å². The Morgan fingerprint density at radius 2 is 1.90 bits per heavy atom. The third-order valence-corrected chi connectivity index (χ3v) is 6.52. The first-order valence-electron chi connectivity index (χ1n) is 9.48. The first-order chi connectivity index (χ1) is 9.99. The van der Waals surface area contributed by atoms with Crippen LogP contribution in [0.3, 0.4) is 0 Å². The molecular weight excluding hydrogens is 256 g/mol. The highest BCUT2D eigenvalue weighted by Crippen LogP contribution is 2.42. The minimum atomic E-state index is 0.511. The number of hydrogen-bond donors (Lipinski definition) is 1. The zero-order valence-electron chi connectivity index (χ0n) is 15.1. The third-order valence-electron chi connectivity index (χ3n) is 6.52. The van der Waals surface area contributed by atoms with E-state index in [2.05, 4.69) is 44.8 Å². The highest BCUT2D eigenvalue weighted by molar-refractivity contribution is 4.97. The highest BCUT2D eigenvalue weighted by atomic mass is 15.2. The van der Waals surface area contributed by atoms with E-state index in [1.807, 2.05) is 0 Å². The van der Waals surface area contributed by atoms with E-state index in [1.165, 1.54) is 58.0 Å². The van der Waals surface area contributed by atoms with Crippen LogP contribution in [0.2, 0.25) is 0 Å². The fourth-order valence-electron chi connectivity index (χ4n) is 4.53. The van der Waals surface area contributed by atoms with E-state index < -0.39 is 0 Å². The monoisotopic (exact) mass is 294 g/mol. The SMILES string of the molecule is CCCNC1CCC(C(C)(C)CC)CC1N1CCCC1C. The standard InChI is InChI=1S/C19H38N2/c1-6-12-20-17-11-10-16(19(4,5)7-2)14-18(17)21-13-8-9-15(21)3/h15-18,20H,6-14H2,1-5H3. The van der Waals surface area contributed by atoms with Gasteiger partial charge in [-0.05, 0) is 69.9 Å². The van der Waals surface area contributed by atoms with E-state index >= 15 is 0 Å². The summed E-state index contributed by atoms with van der Waals surface area (Å²) in [6.45, 7) is 14.6. The lowest BCUT2D eigenvalue weighted by molar-refractivity contribution is 0.0465. The van der Waals surface area contributed by atoms with Crippen LogP contribution in [0.15, 0.2) is 0 Å². The second-order valence-corrected chi connectivity index (χ2v) is 8.21. The first kappa shape index (κ1) is 17.3. The molecule has 1 saturated carbocycles. The minimum Gasteiger partial charge on any atom is -0.312 e. The maximum Gasteiger partial charge on any atom is 0.0254 e. The second kappa shape index (κ2) is 7.46. The Labute approximate surface area is 133 Å². The highest BCUT2D eigenvalue weighted by Gasteiger charge is 2.41. The molecule has 1 aliphatic carbocycles. The van der Waals surface area contributed by atoms with Crippen LogP contribution in [0.5, 0.6) is 0 Å². The quantitative estimate of drug-likeness (QED) is 0.779. The number of hydrogen-bond acceptors (Lipinski definition) is 2. The van der Waals surface area contributed by atoms with Gasteiger partial charge < -0.3 is 5.32 Å². The number of likely N-dealkylation sites (tertiary alicyclic amines) is 1. The van der Waals surface area contributed by atoms with Gasteiger partial charge in [0, 0.05) is 18.1 Å². The maximum absolute atomic E-state index is 3.87. The molecule has 124 valence electrons. The summed E-state index contributed by atoms with van der Waals surface area (Å²) in [4.78, 5) is 2.84. The summed E-state index contributed by atoms with van der Waals surface area (Å²) in [6.07, 6.45) is 9.57. The number of nitrogens with one attached hydrogen (secondary N) is 1. The van der Waals surface area contributed by atoms with Crippen LogP contribution in [0, 0.1) is 11.3 Å². The van der Waals surface area contributed by atoms with Crippen molar-refractivity contribution in [3.63, 3.8) is 0 Å². The molecule has 2 nitrogen and oxygen atoms in total. The Kier molecular flexibility index (Phi) is 6.14. The molecule has 4 atom stereocenters. The predicted molar refractivity (Wildman–Crippen MR) is 92.7 cm³/mol. The molecule has 1 heterocycles. The Hall–Kier alpha value is -0.0800. The fraction of sp³-hybridized carbons (Fsp3) is 1.00. The van der Waals surface area contributed by atoms with Crippen LogP contribution < -0.4 is 5.32 Å². The molecule has 0 aromatic carbocycles.